The van der Waals surface area contributed by atoms with Gasteiger partial charge in [-0.15, -0.1) is 11.3 Å². The van der Waals surface area contributed by atoms with Crippen LogP contribution in [0.2, 0.25) is 0 Å². The molecular weight excluding hydrogens is 382 g/mol. The second kappa shape index (κ2) is 7.97. The highest BCUT2D eigenvalue weighted by atomic mass is 32.1. The first-order chi connectivity index (χ1) is 13.4. The molecule has 28 heavy (non-hydrogen) atoms. The number of methoxy groups -OCH3 is 1. The summed E-state index contributed by atoms with van der Waals surface area (Å²) in [6.07, 6.45) is 0. The number of hydrogen-bond acceptors (Lipinski definition) is 7. The third-order valence-corrected chi connectivity index (χ3v) is 4.83. The average molecular weight is 397 g/mol. The van der Waals surface area contributed by atoms with Crippen molar-refractivity contribution >= 4 is 34.6 Å². The molecular formula is C19H15N3O5S. The van der Waals surface area contributed by atoms with Crippen molar-refractivity contribution in [1.29, 1.82) is 0 Å². The van der Waals surface area contributed by atoms with E-state index in [1.54, 1.807) is 24.3 Å². The van der Waals surface area contributed by atoms with Gasteiger partial charge >= 0.3 is 5.97 Å². The molecule has 0 saturated heterocycles. The Kier molecular flexibility index (Phi) is 5.46. The minimum Gasteiger partial charge on any atom is -0.465 e. The van der Waals surface area contributed by atoms with Crippen molar-refractivity contribution in [3.63, 3.8) is 0 Å². The zero-order valence-electron chi connectivity index (χ0n) is 15.0. The fourth-order valence-corrected chi connectivity index (χ4v) is 3.28. The summed E-state index contributed by atoms with van der Waals surface area (Å²) in [5.41, 5.74) is 1.95. The van der Waals surface area contributed by atoms with Crippen LogP contribution in [0.5, 0.6) is 0 Å². The maximum absolute atomic E-state index is 12.5. The Morgan fingerprint density at radius 2 is 1.86 bits per heavy atom. The summed E-state index contributed by atoms with van der Waals surface area (Å²) in [6.45, 7) is 1.91. The minimum absolute atomic E-state index is 0.0264. The van der Waals surface area contributed by atoms with Crippen LogP contribution in [-0.4, -0.2) is 28.9 Å². The molecule has 0 atom stereocenters. The van der Waals surface area contributed by atoms with Crippen molar-refractivity contribution in [1.82, 2.24) is 4.98 Å². The first-order valence-electron chi connectivity index (χ1n) is 8.09. The predicted molar refractivity (Wildman–Crippen MR) is 105 cm³/mol. The molecule has 0 spiro atoms. The molecule has 142 valence electrons. The number of nitrogens with one attached hydrogen (secondary N) is 1. The second-order valence-corrected chi connectivity index (χ2v) is 6.70. The molecule has 0 unspecified atom stereocenters. The summed E-state index contributed by atoms with van der Waals surface area (Å²) >= 11 is 1.51. The van der Waals surface area contributed by atoms with Crippen LogP contribution < -0.4 is 5.32 Å². The largest absolute Gasteiger partial charge is 0.465 e. The Morgan fingerprint density at radius 3 is 2.43 bits per heavy atom. The van der Waals surface area contributed by atoms with Crippen molar-refractivity contribution in [2.45, 2.75) is 6.92 Å². The average Bonchev–Trinajstić information content (AvgIpc) is 3.13. The Labute approximate surface area is 164 Å². The van der Waals surface area contributed by atoms with Crippen molar-refractivity contribution in [2.24, 2.45) is 0 Å². The zero-order chi connectivity index (χ0) is 20.3. The van der Waals surface area contributed by atoms with E-state index in [1.165, 1.54) is 30.6 Å². The monoisotopic (exact) mass is 397 g/mol. The molecule has 0 radical (unpaired) electrons. The number of carbonyl (C=O) groups is 2. The molecule has 0 fully saturated rings. The second-order valence-electron chi connectivity index (χ2n) is 5.84. The van der Waals surface area contributed by atoms with Gasteiger partial charge in [0.2, 0.25) is 0 Å². The minimum atomic E-state index is -0.734. The van der Waals surface area contributed by atoms with Gasteiger partial charge in [0.25, 0.3) is 11.6 Å². The first-order valence-corrected chi connectivity index (χ1v) is 8.97. The number of nitro benzene ring substituents is 1. The number of non-ortho nitro benzene ring substituents is 1. The molecule has 3 aromatic rings. The summed E-state index contributed by atoms with van der Waals surface area (Å²) in [5, 5.41) is 16.4. The molecule has 1 N–H and O–H groups in total. The number of aromatic nitrogens is 1. The molecule has 1 heterocycles. The molecule has 1 amide bonds. The van der Waals surface area contributed by atoms with Crippen LogP contribution in [0.3, 0.4) is 0 Å². The molecule has 0 aliphatic carbocycles. The molecule has 0 bridgehead atoms. The number of nitrogens with zero attached hydrogens (tertiary/aromatic N) is 2. The lowest BCUT2D eigenvalue weighted by molar-refractivity contribution is -0.384. The molecule has 2 aromatic carbocycles. The SMILES string of the molecule is COC(=O)c1cc(NC(=O)c2ccc(-c3nc(C)cs3)cc2)cc([N+](=O)[O-])c1. The number of esters is 1. The highest BCUT2D eigenvalue weighted by Crippen LogP contribution is 2.25. The van der Waals surface area contributed by atoms with Gasteiger partial charge in [-0.25, -0.2) is 9.78 Å². The van der Waals surface area contributed by atoms with Crippen LogP contribution >= 0.6 is 11.3 Å². The van der Waals surface area contributed by atoms with Crippen LogP contribution in [0.15, 0.2) is 47.8 Å². The van der Waals surface area contributed by atoms with Gasteiger partial charge in [-0.3, -0.25) is 14.9 Å². The van der Waals surface area contributed by atoms with Crippen molar-refractivity contribution < 1.29 is 19.2 Å². The number of rotatable bonds is 5. The van der Waals surface area contributed by atoms with Gasteiger partial charge in [-0.05, 0) is 25.1 Å². The highest BCUT2D eigenvalue weighted by Gasteiger charge is 2.17. The van der Waals surface area contributed by atoms with Crippen LogP contribution in [-0.2, 0) is 4.74 Å². The zero-order valence-corrected chi connectivity index (χ0v) is 15.8. The van der Waals surface area contributed by atoms with Crippen molar-refractivity contribution in [3.8, 4) is 10.6 Å². The van der Waals surface area contributed by atoms with E-state index in [2.05, 4.69) is 15.0 Å². The number of hydrogen-bond donors (Lipinski definition) is 1. The van der Waals surface area contributed by atoms with E-state index < -0.39 is 16.8 Å². The number of ether oxygens (including phenoxy) is 1. The lowest BCUT2D eigenvalue weighted by Gasteiger charge is -2.08. The number of amides is 1. The van der Waals surface area contributed by atoms with Crippen LogP contribution in [0.25, 0.3) is 10.6 Å². The van der Waals surface area contributed by atoms with Gasteiger partial charge in [-0.2, -0.15) is 0 Å². The molecule has 1 aromatic heterocycles. The summed E-state index contributed by atoms with van der Waals surface area (Å²) in [5.74, 6) is -1.19. The quantitative estimate of drug-likeness (QED) is 0.395. The van der Waals surface area contributed by atoms with Crippen LogP contribution in [0, 0.1) is 17.0 Å². The lowest BCUT2D eigenvalue weighted by atomic mass is 10.1. The summed E-state index contributed by atoms with van der Waals surface area (Å²) in [6, 6.07) is 10.4. The van der Waals surface area contributed by atoms with Gasteiger partial charge in [0.05, 0.1) is 17.6 Å². The maximum Gasteiger partial charge on any atom is 0.338 e. The van der Waals surface area contributed by atoms with E-state index in [0.717, 1.165) is 22.3 Å². The maximum atomic E-state index is 12.5. The fourth-order valence-electron chi connectivity index (χ4n) is 2.48. The topological polar surface area (TPSA) is 111 Å². The number of nitro groups is 1. The Balaban J connectivity index is 1.83. The summed E-state index contributed by atoms with van der Waals surface area (Å²) < 4.78 is 4.59. The third kappa shape index (κ3) is 4.21. The molecule has 3 rings (SSSR count). The first kappa shape index (κ1) is 19.2. The van der Waals surface area contributed by atoms with Gasteiger partial charge < -0.3 is 10.1 Å². The highest BCUT2D eigenvalue weighted by molar-refractivity contribution is 7.13. The van der Waals surface area contributed by atoms with Gasteiger partial charge in [0.1, 0.15) is 5.01 Å². The summed E-state index contributed by atoms with van der Waals surface area (Å²) in [7, 11) is 1.17. The predicted octanol–water partition coefficient (Wildman–Crippen LogP) is 4.07. The van der Waals surface area contributed by atoms with Crippen LogP contribution in [0.1, 0.15) is 26.4 Å². The molecule has 0 aliphatic rings. The Bertz CT molecular complexity index is 1060. The van der Waals surface area contributed by atoms with E-state index >= 15 is 0 Å². The standard InChI is InChI=1S/C19H15N3O5S/c1-11-10-28-18(20-11)13-5-3-12(4-6-13)17(23)21-15-7-14(19(24)27-2)8-16(9-15)22(25)26/h3-10H,1-2H3,(H,21,23). The van der Waals surface area contributed by atoms with Gasteiger partial charge in [-0.1, -0.05) is 12.1 Å². The van der Waals surface area contributed by atoms with Crippen molar-refractivity contribution in [2.75, 3.05) is 12.4 Å². The molecule has 0 aliphatic heterocycles. The molecule has 8 nitrogen and oxygen atoms in total. The smallest absolute Gasteiger partial charge is 0.338 e. The Hall–Kier alpha value is -3.59. The van der Waals surface area contributed by atoms with E-state index in [-0.39, 0.29) is 16.9 Å². The van der Waals surface area contributed by atoms with E-state index in [4.69, 9.17) is 0 Å². The lowest BCUT2D eigenvalue weighted by Crippen LogP contribution is -2.13. The van der Waals surface area contributed by atoms with E-state index in [1.807, 2.05) is 12.3 Å². The van der Waals surface area contributed by atoms with Crippen LogP contribution in [0.4, 0.5) is 11.4 Å². The number of benzene rings is 2. The molecule has 0 saturated carbocycles. The van der Waals surface area contributed by atoms with Gasteiger partial charge in [0.15, 0.2) is 0 Å². The number of aryl methyl sites for hydroxylation is 1. The van der Waals surface area contributed by atoms with Crippen molar-refractivity contribution in [3.05, 3.63) is 74.8 Å². The Morgan fingerprint density at radius 1 is 1.14 bits per heavy atom. The normalized spacial score (nSPS) is 10.4. The number of thiazole rings is 1. The molecule has 9 heteroatoms. The number of carbonyl (C=O) groups excluding carboxylic acids is 2. The number of anilines is 1. The third-order valence-electron chi connectivity index (χ3n) is 3.82. The van der Waals surface area contributed by atoms with E-state index in [9.17, 15) is 19.7 Å². The van der Waals surface area contributed by atoms with E-state index in [0.29, 0.717) is 5.56 Å². The summed E-state index contributed by atoms with van der Waals surface area (Å²) in [4.78, 5) is 39.0. The van der Waals surface area contributed by atoms with Gasteiger partial charge in [0, 0.05) is 40.0 Å². The fraction of sp³-hybridized carbons (Fsp3) is 0.105.